The minimum atomic E-state index is -0.232. The molecule has 0 spiro atoms. The zero-order chi connectivity index (χ0) is 14.7. The van der Waals surface area contributed by atoms with Crippen LogP contribution in [0.25, 0.3) is 0 Å². The number of benzene rings is 1. The Bertz CT molecular complexity index is 649. The molecule has 100 valence electrons. The molecule has 1 aromatic carbocycles. The van der Waals surface area contributed by atoms with Gasteiger partial charge >= 0.3 is 0 Å². The van der Waals surface area contributed by atoms with Crippen LogP contribution in [0.4, 0.5) is 11.4 Å². The number of anilines is 2. The first kappa shape index (κ1) is 13.6. The van der Waals surface area contributed by atoms with Crippen molar-refractivity contribution in [1.82, 2.24) is 0 Å². The van der Waals surface area contributed by atoms with Crippen LogP contribution in [0, 0.1) is 22.7 Å². The molecule has 0 bridgehead atoms. The Balaban J connectivity index is 2.26. The van der Waals surface area contributed by atoms with Crippen LogP contribution in [0.5, 0.6) is 0 Å². The molecule has 0 aromatic heterocycles. The molecule has 2 rings (SSSR count). The van der Waals surface area contributed by atoms with E-state index in [-0.39, 0.29) is 17.7 Å². The Morgan fingerprint density at radius 2 is 2.15 bits per heavy atom. The van der Waals surface area contributed by atoms with Gasteiger partial charge in [0, 0.05) is 18.7 Å². The van der Waals surface area contributed by atoms with Crippen molar-refractivity contribution in [3.05, 3.63) is 23.8 Å². The maximum absolute atomic E-state index is 11.6. The summed E-state index contributed by atoms with van der Waals surface area (Å²) in [6.07, 6.45) is 0.775. The maximum atomic E-state index is 11.6. The predicted molar refractivity (Wildman–Crippen MR) is 75.1 cm³/mol. The Labute approximate surface area is 116 Å². The van der Waals surface area contributed by atoms with Gasteiger partial charge in [0.1, 0.15) is 12.1 Å². The summed E-state index contributed by atoms with van der Waals surface area (Å²) in [5.41, 5.74) is 5.07. The molecular formula is C14H13N5O. The van der Waals surface area contributed by atoms with Gasteiger partial charge in [-0.1, -0.05) is 0 Å². The number of hydrogen-bond donors (Lipinski definition) is 1. The van der Waals surface area contributed by atoms with E-state index < -0.39 is 0 Å². The van der Waals surface area contributed by atoms with E-state index in [9.17, 15) is 4.79 Å². The molecule has 1 unspecified atom stereocenters. The van der Waals surface area contributed by atoms with Crippen molar-refractivity contribution < 1.29 is 4.79 Å². The van der Waals surface area contributed by atoms with Crippen molar-refractivity contribution in [2.75, 3.05) is 10.3 Å². The van der Waals surface area contributed by atoms with Crippen molar-refractivity contribution in [2.45, 2.75) is 26.3 Å². The standard InChI is InChI=1S/C14H13N5O/c1-9-5-11-6-12(17-18-13(7-15)8-16)3-4-14(11)19(9)10(2)20/h3-4,6,9,17H,5H2,1-2H3. The number of hydrazone groups is 1. The number of hydrogen-bond acceptors (Lipinski definition) is 5. The molecular weight excluding hydrogens is 254 g/mol. The van der Waals surface area contributed by atoms with Crippen LogP contribution in [0.15, 0.2) is 23.3 Å². The Hall–Kier alpha value is -2.86. The van der Waals surface area contributed by atoms with Crippen molar-refractivity contribution in [2.24, 2.45) is 5.10 Å². The summed E-state index contributed by atoms with van der Waals surface area (Å²) in [6, 6.07) is 8.98. The van der Waals surface area contributed by atoms with Gasteiger partial charge in [-0.3, -0.25) is 10.2 Å². The molecule has 1 aliphatic rings. The molecule has 1 atom stereocenters. The van der Waals surface area contributed by atoms with E-state index in [1.54, 1.807) is 30.0 Å². The number of carbonyl (C=O) groups is 1. The number of amides is 1. The third-order valence-corrected chi connectivity index (χ3v) is 3.14. The Morgan fingerprint density at radius 1 is 1.45 bits per heavy atom. The van der Waals surface area contributed by atoms with Gasteiger partial charge in [0.15, 0.2) is 0 Å². The summed E-state index contributed by atoms with van der Waals surface area (Å²) in [6.45, 7) is 3.55. The first-order chi connectivity index (χ1) is 9.56. The summed E-state index contributed by atoms with van der Waals surface area (Å²) >= 11 is 0. The second-order valence-electron chi connectivity index (χ2n) is 4.58. The molecule has 0 saturated carbocycles. The van der Waals surface area contributed by atoms with Gasteiger partial charge in [-0.15, -0.1) is 0 Å². The third kappa shape index (κ3) is 2.45. The number of nitriles is 2. The molecule has 1 heterocycles. The van der Waals surface area contributed by atoms with Crippen LogP contribution in [-0.2, 0) is 11.2 Å². The molecule has 1 aromatic rings. The van der Waals surface area contributed by atoms with Gasteiger partial charge in [-0.05, 0) is 37.1 Å². The lowest BCUT2D eigenvalue weighted by Crippen LogP contribution is -2.33. The minimum absolute atomic E-state index is 0.0197. The maximum Gasteiger partial charge on any atom is 0.237 e. The zero-order valence-corrected chi connectivity index (χ0v) is 11.2. The fourth-order valence-corrected chi connectivity index (χ4v) is 2.38. The van der Waals surface area contributed by atoms with Gasteiger partial charge in [-0.25, -0.2) is 0 Å². The van der Waals surface area contributed by atoms with Gasteiger partial charge < -0.3 is 4.90 Å². The van der Waals surface area contributed by atoms with Crippen LogP contribution in [0.1, 0.15) is 19.4 Å². The normalized spacial score (nSPS) is 15.8. The van der Waals surface area contributed by atoms with Gasteiger partial charge in [0.05, 0.1) is 5.69 Å². The summed E-state index contributed by atoms with van der Waals surface area (Å²) in [7, 11) is 0. The predicted octanol–water partition coefficient (Wildman–Crippen LogP) is 1.80. The van der Waals surface area contributed by atoms with Crippen molar-refractivity contribution in [3.63, 3.8) is 0 Å². The highest BCUT2D eigenvalue weighted by atomic mass is 16.2. The summed E-state index contributed by atoms with van der Waals surface area (Å²) in [5.74, 6) is 0.0197. The van der Waals surface area contributed by atoms with E-state index in [1.807, 2.05) is 19.1 Å². The molecule has 1 amide bonds. The van der Waals surface area contributed by atoms with Crippen molar-refractivity contribution in [1.29, 1.82) is 10.5 Å². The first-order valence-corrected chi connectivity index (χ1v) is 6.13. The van der Waals surface area contributed by atoms with Gasteiger partial charge in [0.25, 0.3) is 0 Å². The lowest BCUT2D eigenvalue weighted by Gasteiger charge is -2.20. The molecule has 20 heavy (non-hydrogen) atoms. The Morgan fingerprint density at radius 3 is 2.75 bits per heavy atom. The fourth-order valence-electron chi connectivity index (χ4n) is 2.38. The van der Waals surface area contributed by atoms with Crippen molar-refractivity contribution in [3.8, 4) is 12.1 Å². The van der Waals surface area contributed by atoms with Crippen molar-refractivity contribution >= 4 is 23.0 Å². The quantitative estimate of drug-likeness (QED) is 0.653. The average molecular weight is 267 g/mol. The minimum Gasteiger partial charge on any atom is -0.309 e. The zero-order valence-electron chi connectivity index (χ0n) is 11.2. The van der Waals surface area contributed by atoms with E-state index in [2.05, 4.69) is 10.5 Å². The van der Waals surface area contributed by atoms with E-state index in [1.165, 1.54) is 0 Å². The molecule has 1 N–H and O–H groups in total. The van der Waals surface area contributed by atoms with E-state index >= 15 is 0 Å². The highest BCUT2D eigenvalue weighted by Crippen LogP contribution is 2.34. The van der Waals surface area contributed by atoms with Gasteiger partial charge in [0.2, 0.25) is 11.6 Å². The molecule has 0 fully saturated rings. The summed E-state index contributed by atoms with van der Waals surface area (Å²) < 4.78 is 0. The topological polar surface area (TPSA) is 92.3 Å². The number of nitrogens with zero attached hydrogens (tertiary/aromatic N) is 4. The molecule has 6 heteroatoms. The number of nitrogens with one attached hydrogen (secondary N) is 1. The monoisotopic (exact) mass is 267 g/mol. The molecule has 1 aliphatic heterocycles. The van der Waals surface area contributed by atoms with Crippen LogP contribution >= 0.6 is 0 Å². The molecule has 6 nitrogen and oxygen atoms in total. The van der Waals surface area contributed by atoms with E-state index in [4.69, 9.17) is 10.5 Å². The second kappa shape index (κ2) is 5.41. The smallest absolute Gasteiger partial charge is 0.237 e. The van der Waals surface area contributed by atoms with Crippen LogP contribution in [0.3, 0.4) is 0 Å². The third-order valence-electron chi connectivity index (χ3n) is 3.14. The molecule has 0 saturated heterocycles. The van der Waals surface area contributed by atoms with Crippen LogP contribution < -0.4 is 10.3 Å². The highest BCUT2D eigenvalue weighted by molar-refractivity contribution is 6.10. The fraction of sp³-hybridized carbons (Fsp3) is 0.286. The molecule has 0 radical (unpaired) electrons. The first-order valence-electron chi connectivity index (χ1n) is 6.13. The lowest BCUT2D eigenvalue weighted by molar-refractivity contribution is -0.116. The number of carbonyl (C=O) groups excluding carboxylic acids is 1. The average Bonchev–Trinajstić information content (AvgIpc) is 2.75. The van der Waals surface area contributed by atoms with Crippen LogP contribution in [0.2, 0.25) is 0 Å². The lowest BCUT2D eigenvalue weighted by atomic mass is 10.1. The van der Waals surface area contributed by atoms with E-state index in [0.717, 1.165) is 17.7 Å². The molecule has 0 aliphatic carbocycles. The van der Waals surface area contributed by atoms with E-state index in [0.29, 0.717) is 5.69 Å². The number of rotatable bonds is 2. The van der Waals surface area contributed by atoms with Gasteiger partial charge in [-0.2, -0.15) is 15.6 Å². The van der Waals surface area contributed by atoms with Crippen LogP contribution in [-0.4, -0.2) is 17.7 Å². The Kier molecular flexibility index (Phi) is 3.67. The largest absolute Gasteiger partial charge is 0.309 e. The summed E-state index contributed by atoms with van der Waals surface area (Å²) in [4.78, 5) is 13.4. The highest BCUT2D eigenvalue weighted by Gasteiger charge is 2.28. The number of fused-ring (bicyclic) bond motifs is 1. The SMILES string of the molecule is CC(=O)N1c2ccc(NN=C(C#N)C#N)cc2CC1C. The second-order valence-corrected chi connectivity index (χ2v) is 4.58. The summed E-state index contributed by atoms with van der Waals surface area (Å²) in [5, 5.41) is 20.9.